The minimum atomic E-state index is 0.118. The Kier molecular flexibility index (Phi) is 6.53. The number of rotatable bonds is 6. The van der Waals surface area contributed by atoms with Gasteiger partial charge in [-0.25, -0.2) is 0 Å². The van der Waals surface area contributed by atoms with Crippen LogP contribution in [0.5, 0.6) is 11.5 Å². The van der Waals surface area contributed by atoms with Crippen LogP contribution in [0, 0.1) is 0 Å². The molecular weight excluding hydrogens is 324 g/mol. The van der Waals surface area contributed by atoms with E-state index >= 15 is 0 Å². The highest BCUT2D eigenvalue weighted by molar-refractivity contribution is 5.51. The van der Waals surface area contributed by atoms with Gasteiger partial charge < -0.3 is 14.8 Å². The quantitative estimate of drug-likeness (QED) is 0.858. The molecule has 140 valence electrons. The third kappa shape index (κ3) is 4.02. The summed E-state index contributed by atoms with van der Waals surface area (Å²) in [6, 6.07) is 15.2. The van der Waals surface area contributed by atoms with E-state index in [2.05, 4.69) is 41.4 Å². The summed E-state index contributed by atoms with van der Waals surface area (Å²) in [6.45, 7) is 6.31. The highest BCUT2D eigenvalue weighted by Crippen LogP contribution is 2.41. The maximum Gasteiger partial charge on any atom is 0.127 e. The van der Waals surface area contributed by atoms with Crippen LogP contribution in [0.1, 0.15) is 36.1 Å². The lowest BCUT2D eigenvalue weighted by Crippen LogP contribution is -2.33. The third-order valence-electron chi connectivity index (χ3n) is 5.18. The Labute approximate surface area is 157 Å². The number of methoxy groups -OCH3 is 2. The van der Waals surface area contributed by atoms with Crippen molar-refractivity contribution in [3.05, 3.63) is 59.2 Å². The molecule has 0 spiro atoms. The Morgan fingerprint density at radius 3 is 2.27 bits per heavy atom. The fourth-order valence-corrected chi connectivity index (χ4v) is 3.77. The first-order valence-electron chi connectivity index (χ1n) is 9.53. The number of aryl methyl sites for hydroxylation is 1. The van der Waals surface area contributed by atoms with Gasteiger partial charge in [0.25, 0.3) is 0 Å². The Bertz CT molecular complexity index is 670. The molecule has 4 nitrogen and oxygen atoms in total. The fraction of sp³-hybridized carbons (Fsp3) is 0.455. The van der Waals surface area contributed by atoms with Gasteiger partial charge in [-0.2, -0.15) is 0 Å². The molecule has 1 N–H and O–H groups in total. The highest BCUT2D eigenvalue weighted by Gasteiger charge is 2.28. The van der Waals surface area contributed by atoms with E-state index in [0.717, 1.165) is 56.1 Å². The molecule has 2 aromatic carbocycles. The number of hydrogen-bond acceptors (Lipinski definition) is 4. The van der Waals surface area contributed by atoms with Gasteiger partial charge in [0, 0.05) is 19.6 Å². The molecule has 4 heteroatoms. The molecule has 0 bridgehead atoms. The molecular formula is C22H30N2O2. The molecule has 1 fully saturated rings. The van der Waals surface area contributed by atoms with E-state index in [4.69, 9.17) is 9.47 Å². The average Bonchev–Trinajstić information content (AvgIpc) is 2.98. The molecule has 0 aliphatic carbocycles. The zero-order valence-electron chi connectivity index (χ0n) is 16.1. The highest BCUT2D eigenvalue weighted by atomic mass is 16.5. The average molecular weight is 354 g/mol. The van der Waals surface area contributed by atoms with Gasteiger partial charge in [0.15, 0.2) is 0 Å². The number of hydrogen-bond donors (Lipinski definition) is 1. The van der Waals surface area contributed by atoms with Crippen molar-refractivity contribution in [3.63, 3.8) is 0 Å². The SMILES string of the molecule is CCc1ccc(C(c2c(OC)cccc2OC)N2CCCNCC2)cc1. The molecule has 26 heavy (non-hydrogen) atoms. The molecule has 0 saturated carbocycles. The molecule has 2 aromatic rings. The van der Waals surface area contributed by atoms with Gasteiger partial charge in [0.2, 0.25) is 0 Å². The fourth-order valence-electron chi connectivity index (χ4n) is 3.77. The number of benzene rings is 2. The topological polar surface area (TPSA) is 33.7 Å². The van der Waals surface area contributed by atoms with Crippen LogP contribution in [0.15, 0.2) is 42.5 Å². The van der Waals surface area contributed by atoms with Gasteiger partial charge in [0.05, 0.1) is 25.8 Å². The van der Waals surface area contributed by atoms with Gasteiger partial charge in [-0.15, -0.1) is 0 Å². The van der Waals surface area contributed by atoms with Crippen LogP contribution < -0.4 is 14.8 Å². The van der Waals surface area contributed by atoms with Gasteiger partial charge in [0.1, 0.15) is 11.5 Å². The summed E-state index contributed by atoms with van der Waals surface area (Å²) >= 11 is 0. The number of nitrogens with one attached hydrogen (secondary N) is 1. The molecule has 1 heterocycles. The van der Waals surface area contributed by atoms with Crippen molar-refractivity contribution >= 4 is 0 Å². The van der Waals surface area contributed by atoms with Gasteiger partial charge >= 0.3 is 0 Å². The van der Waals surface area contributed by atoms with E-state index in [-0.39, 0.29) is 6.04 Å². The first-order chi connectivity index (χ1) is 12.8. The summed E-state index contributed by atoms with van der Waals surface area (Å²) in [5, 5.41) is 3.51. The van der Waals surface area contributed by atoms with E-state index < -0.39 is 0 Å². The summed E-state index contributed by atoms with van der Waals surface area (Å²) in [6.07, 6.45) is 2.19. The number of nitrogens with zero attached hydrogens (tertiary/aromatic N) is 1. The van der Waals surface area contributed by atoms with Crippen LogP contribution >= 0.6 is 0 Å². The van der Waals surface area contributed by atoms with E-state index in [1.54, 1.807) is 14.2 Å². The van der Waals surface area contributed by atoms with E-state index in [1.165, 1.54) is 11.1 Å². The molecule has 1 aliphatic rings. The zero-order valence-corrected chi connectivity index (χ0v) is 16.1. The minimum Gasteiger partial charge on any atom is -0.496 e. The Balaban J connectivity index is 2.10. The van der Waals surface area contributed by atoms with Crippen LogP contribution in [0.4, 0.5) is 0 Å². The van der Waals surface area contributed by atoms with Crippen molar-refractivity contribution in [2.24, 2.45) is 0 Å². The maximum atomic E-state index is 5.73. The van der Waals surface area contributed by atoms with Crippen molar-refractivity contribution in [2.45, 2.75) is 25.8 Å². The Hall–Kier alpha value is -2.04. The van der Waals surface area contributed by atoms with Crippen molar-refractivity contribution in [3.8, 4) is 11.5 Å². The third-order valence-corrected chi connectivity index (χ3v) is 5.18. The van der Waals surface area contributed by atoms with Gasteiger partial charge in [-0.3, -0.25) is 4.90 Å². The van der Waals surface area contributed by atoms with Crippen LogP contribution in [0.2, 0.25) is 0 Å². The molecule has 0 amide bonds. The molecule has 0 aromatic heterocycles. The van der Waals surface area contributed by atoms with Crippen LogP contribution in [0.25, 0.3) is 0 Å². The summed E-state index contributed by atoms with van der Waals surface area (Å²) in [5.41, 5.74) is 3.76. The van der Waals surface area contributed by atoms with E-state index in [9.17, 15) is 0 Å². The summed E-state index contributed by atoms with van der Waals surface area (Å²) in [4.78, 5) is 2.54. The van der Waals surface area contributed by atoms with Crippen molar-refractivity contribution in [2.75, 3.05) is 40.4 Å². The van der Waals surface area contributed by atoms with E-state index in [1.807, 2.05) is 18.2 Å². The van der Waals surface area contributed by atoms with Crippen molar-refractivity contribution in [1.29, 1.82) is 0 Å². The zero-order chi connectivity index (χ0) is 18.4. The second kappa shape index (κ2) is 9.06. The second-order valence-electron chi connectivity index (χ2n) is 6.71. The van der Waals surface area contributed by atoms with Gasteiger partial charge in [-0.05, 0) is 42.6 Å². The number of ether oxygens (including phenoxy) is 2. The summed E-state index contributed by atoms with van der Waals surface area (Å²) < 4.78 is 11.5. The van der Waals surface area contributed by atoms with Gasteiger partial charge in [-0.1, -0.05) is 37.3 Å². The Morgan fingerprint density at radius 2 is 1.65 bits per heavy atom. The van der Waals surface area contributed by atoms with E-state index in [0.29, 0.717) is 0 Å². The molecule has 1 saturated heterocycles. The first-order valence-corrected chi connectivity index (χ1v) is 9.53. The lowest BCUT2D eigenvalue weighted by atomic mass is 9.94. The molecule has 1 aliphatic heterocycles. The predicted molar refractivity (Wildman–Crippen MR) is 106 cm³/mol. The monoisotopic (exact) mass is 354 g/mol. The molecule has 3 rings (SSSR count). The minimum absolute atomic E-state index is 0.118. The van der Waals surface area contributed by atoms with Crippen LogP contribution in [-0.2, 0) is 6.42 Å². The van der Waals surface area contributed by atoms with Crippen LogP contribution in [0.3, 0.4) is 0 Å². The second-order valence-corrected chi connectivity index (χ2v) is 6.71. The summed E-state index contributed by atoms with van der Waals surface area (Å²) in [5.74, 6) is 1.76. The normalized spacial score (nSPS) is 16.7. The molecule has 1 unspecified atom stereocenters. The molecule has 1 atom stereocenters. The lowest BCUT2D eigenvalue weighted by Gasteiger charge is -2.33. The lowest BCUT2D eigenvalue weighted by molar-refractivity contribution is 0.231. The van der Waals surface area contributed by atoms with Crippen LogP contribution in [-0.4, -0.2) is 45.3 Å². The predicted octanol–water partition coefficient (Wildman–Crippen LogP) is 3.65. The molecule has 0 radical (unpaired) electrons. The largest absolute Gasteiger partial charge is 0.496 e. The summed E-state index contributed by atoms with van der Waals surface area (Å²) in [7, 11) is 3.47. The standard InChI is InChI=1S/C22H30N2O2/c1-4-17-9-11-18(12-10-17)22(24-15-6-13-23-14-16-24)21-19(25-2)7-5-8-20(21)26-3/h5,7-12,22-23H,4,6,13-16H2,1-3H3. The van der Waals surface area contributed by atoms with Crippen molar-refractivity contribution < 1.29 is 9.47 Å². The maximum absolute atomic E-state index is 5.73. The smallest absolute Gasteiger partial charge is 0.127 e. The van der Waals surface area contributed by atoms with Crippen molar-refractivity contribution in [1.82, 2.24) is 10.2 Å². The Morgan fingerprint density at radius 1 is 0.962 bits per heavy atom. The first kappa shape index (κ1) is 18.7.